The van der Waals surface area contributed by atoms with Crippen LogP contribution in [-0.2, 0) is 23.8 Å². The minimum atomic E-state index is -1.06. The molecule has 0 unspecified atom stereocenters. The molecule has 0 spiro atoms. The number of hydrogen-bond acceptors (Lipinski definition) is 5. The van der Waals surface area contributed by atoms with Crippen molar-refractivity contribution in [3.8, 4) is 0 Å². The minimum absolute atomic E-state index is 0.317. The monoisotopic (exact) mass is 381 g/mol. The van der Waals surface area contributed by atoms with Gasteiger partial charge in [0.15, 0.2) is 11.9 Å². The van der Waals surface area contributed by atoms with Gasteiger partial charge in [0, 0.05) is 10.0 Å². The number of anilines is 1. The summed E-state index contributed by atoms with van der Waals surface area (Å²) in [6.45, 7) is 0.864. The van der Waals surface area contributed by atoms with Crippen molar-refractivity contribution in [3.05, 3.63) is 40.4 Å². The normalized spacial score (nSPS) is 36.7. The summed E-state index contributed by atoms with van der Waals surface area (Å²) in [6.07, 6.45) is 2.46. The van der Waals surface area contributed by atoms with Crippen molar-refractivity contribution in [1.82, 2.24) is 0 Å². The van der Waals surface area contributed by atoms with E-state index in [1.807, 2.05) is 6.08 Å². The molecule has 0 saturated carbocycles. The first kappa shape index (κ1) is 15.8. The van der Waals surface area contributed by atoms with Gasteiger partial charge in [-0.1, -0.05) is 29.3 Å². The smallest absolute Gasteiger partial charge is 0.241 e. The average molecular weight is 382 g/mol. The average Bonchev–Trinajstić information content (AvgIpc) is 3.30. The van der Waals surface area contributed by atoms with Gasteiger partial charge in [0.25, 0.3) is 0 Å². The summed E-state index contributed by atoms with van der Waals surface area (Å²) in [7, 11) is 0. The quantitative estimate of drug-likeness (QED) is 0.580. The number of ether oxygens (including phenoxy) is 3. The summed E-state index contributed by atoms with van der Waals surface area (Å²) in [5, 5.41) is 0.712. The minimum Gasteiger partial charge on any atom is -0.357 e. The molecule has 5 rings (SSSR count). The van der Waals surface area contributed by atoms with Gasteiger partial charge in [0.1, 0.15) is 0 Å². The lowest BCUT2D eigenvalue weighted by atomic mass is 9.76. The molecule has 0 aliphatic carbocycles. The van der Waals surface area contributed by atoms with E-state index in [1.165, 1.54) is 0 Å². The van der Waals surface area contributed by atoms with Crippen molar-refractivity contribution in [2.45, 2.75) is 18.0 Å². The zero-order valence-electron chi connectivity index (χ0n) is 12.9. The number of carbonyl (C=O) groups excluding carboxylic acids is 2. The highest BCUT2D eigenvalue weighted by atomic mass is 35.5. The lowest BCUT2D eigenvalue weighted by molar-refractivity contribution is -0.180. The summed E-state index contributed by atoms with van der Waals surface area (Å²) >= 11 is 12.1. The first-order valence-electron chi connectivity index (χ1n) is 7.95. The highest BCUT2D eigenvalue weighted by Gasteiger charge is 2.71. The van der Waals surface area contributed by atoms with Gasteiger partial charge in [-0.15, -0.1) is 0 Å². The molecule has 4 heterocycles. The third kappa shape index (κ3) is 2.03. The molecule has 1 aromatic rings. The van der Waals surface area contributed by atoms with E-state index in [0.29, 0.717) is 28.9 Å². The number of rotatable bonds is 2. The maximum absolute atomic E-state index is 13.2. The second-order valence-electron chi connectivity index (χ2n) is 6.51. The van der Waals surface area contributed by atoms with Gasteiger partial charge in [-0.2, -0.15) is 0 Å². The first-order valence-corrected chi connectivity index (χ1v) is 8.71. The van der Waals surface area contributed by atoms with E-state index < -0.39 is 29.8 Å². The van der Waals surface area contributed by atoms with Gasteiger partial charge in [0.2, 0.25) is 11.8 Å². The van der Waals surface area contributed by atoms with Crippen LogP contribution in [0.4, 0.5) is 5.69 Å². The van der Waals surface area contributed by atoms with Gasteiger partial charge in [-0.05, 0) is 24.3 Å². The lowest BCUT2D eigenvalue weighted by Gasteiger charge is -2.32. The van der Waals surface area contributed by atoms with E-state index in [-0.39, 0.29) is 11.8 Å². The van der Waals surface area contributed by atoms with Crippen molar-refractivity contribution in [1.29, 1.82) is 0 Å². The van der Waals surface area contributed by atoms with Gasteiger partial charge < -0.3 is 14.2 Å². The molecule has 4 atom stereocenters. The molecular weight excluding hydrogens is 369 g/mol. The summed E-state index contributed by atoms with van der Waals surface area (Å²) < 4.78 is 17.2. The van der Waals surface area contributed by atoms with Crippen molar-refractivity contribution in [3.63, 3.8) is 0 Å². The van der Waals surface area contributed by atoms with E-state index in [1.54, 1.807) is 24.3 Å². The fourth-order valence-electron chi connectivity index (χ4n) is 4.25. The third-order valence-corrected chi connectivity index (χ3v) is 5.61. The predicted octanol–water partition coefficient (Wildman–Crippen LogP) is 2.18. The van der Waals surface area contributed by atoms with Gasteiger partial charge in [0.05, 0.1) is 36.8 Å². The van der Waals surface area contributed by atoms with Crippen LogP contribution in [0.1, 0.15) is 0 Å². The summed E-state index contributed by atoms with van der Waals surface area (Å²) in [5.74, 6) is -1.94. The Morgan fingerprint density at radius 1 is 1.04 bits per heavy atom. The topological polar surface area (TPSA) is 65.1 Å². The van der Waals surface area contributed by atoms with Crippen LogP contribution < -0.4 is 4.90 Å². The van der Waals surface area contributed by atoms with Crippen LogP contribution in [0.25, 0.3) is 0 Å². The van der Waals surface area contributed by atoms with Crippen LogP contribution in [-0.4, -0.2) is 43.0 Å². The van der Waals surface area contributed by atoms with Crippen LogP contribution in [0, 0.1) is 11.8 Å². The Hall–Kier alpha value is -1.44. The van der Waals surface area contributed by atoms with E-state index in [2.05, 4.69) is 0 Å². The Morgan fingerprint density at radius 2 is 1.72 bits per heavy atom. The molecule has 1 aromatic carbocycles. The molecule has 130 valence electrons. The molecule has 2 bridgehead atoms. The maximum Gasteiger partial charge on any atom is 0.241 e. The van der Waals surface area contributed by atoms with Crippen molar-refractivity contribution >= 4 is 40.7 Å². The number of carbonyl (C=O) groups is 2. The number of halogens is 2. The molecule has 3 fully saturated rings. The lowest BCUT2D eigenvalue weighted by Crippen LogP contribution is -2.49. The molecule has 4 aliphatic heterocycles. The molecule has 8 heteroatoms. The summed E-state index contributed by atoms with van der Waals surface area (Å²) in [6, 6.07) is 4.65. The van der Waals surface area contributed by atoms with Crippen LogP contribution in [0.2, 0.25) is 10.0 Å². The Bertz CT molecular complexity index is 801. The largest absolute Gasteiger partial charge is 0.357 e. The van der Waals surface area contributed by atoms with Gasteiger partial charge in [-0.3, -0.25) is 9.59 Å². The number of amides is 2. The number of hydrogen-bond donors (Lipinski definition) is 0. The standard InChI is InChI=1S/C17H13Cl2NO5/c18-8-5-9(19)7-10(6-8)20-14(21)12-11-1-2-17(25-11,13(12)15(20)22)16-23-3-4-24-16/h1-2,5-7,11-13,16H,3-4H2/t11-,12-,13+,17-/m1/s1. The van der Waals surface area contributed by atoms with Crippen molar-refractivity contribution in [2.24, 2.45) is 11.8 Å². The Morgan fingerprint density at radius 3 is 2.40 bits per heavy atom. The van der Waals surface area contributed by atoms with Gasteiger partial charge >= 0.3 is 0 Å². The second-order valence-corrected chi connectivity index (χ2v) is 7.38. The van der Waals surface area contributed by atoms with Crippen LogP contribution in [0.15, 0.2) is 30.4 Å². The fourth-order valence-corrected chi connectivity index (χ4v) is 4.76. The maximum atomic E-state index is 13.2. The molecule has 0 radical (unpaired) electrons. The Balaban J connectivity index is 1.57. The molecule has 2 amide bonds. The van der Waals surface area contributed by atoms with Crippen molar-refractivity contribution in [2.75, 3.05) is 18.1 Å². The zero-order valence-corrected chi connectivity index (χ0v) is 14.4. The van der Waals surface area contributed by atoms with E-state index in [4.69, 9.17) is 37.4 Å². The molecular formula is C17H13Cl2NO5. The molecule has 0 aromatic heterocycles. The number of benzene rings is 1. The van der Waals surface area contributed by atoms with E-state index in [9.17, 15) is 9.59 Å². The van der Waals surface area contributed by atoms with Crippen LogP contribution in [0.3, 0.4) is 0 Å². The van der Waals surface area contributed by atoms with E-state index in [0.717, 1.165) is 4.90 Å². The first-order chi connectivity index (χ1) is 12.0. The number of imide groups is 1. The highest BCUT2D eigenvalue weighted by Crippen LogP contribution is 2.55. The number of nitrogens with zero attached hydrogens (tertiary/aromatic N) is 1. The SMILES string of the molecule is O=C1[C@H]2[C@@H](C(=O)N1c1cc(Cl)cc(Cl)c1)[C@@]1(C3OCCO3)C=C[C@H]2O1. The van der Waals surface area contributed by atoms with Crippen LogP contribution >= 0.6 is 23.2 Å². The summed E-state index contributed by atoms with van der Waals surface area (Å²) in [5.41, 5.74) is -0.694. The fraction of sp³-hybridized carbons (Fsp3) is 0.412. The predicted molar refractivity (Wildman–Crippen MR) is 88.4 cm³/mol. The third-order valence-electron chi connectivity index (χ3n) is 5.17. The summed E-state index contributed by atoms with van der Waals surface area (Å²) in [4.78, 5) is 27.3. The molecule has 6 nitrogen and oxygen atoms in total. The van der Waals surface area contributed by atoms with Gasteiger partial charge in [-0.25, -0.2) is 4.90 Å². The zero-order chi connectivity index (χ0) is 17.3. The van der Waals surface area contributed by atoms with E-state index >= 15 is 0 Å². The molecule has 3 saturated heterocycles. The Kier molecular flexibility index (Phi) is 3.34. The highest BCUT2D eigenvalue weighted by molar-refractivity contribution is 6.35. The Labute approximate surface area is 153 Å². The molecule has 25 heavy (non-hydrogen) atoms. The number of fused-ring (bicyclic) bond motifs is 5. The molecule has 0 N–H and O–H groups in total. The van der Waals surface area contributed by atoms with Crippen LogP contribution in [0.5, 0.6) is 0 Å². The molecule has 4 aliphatic rings. The van der Waals surface area contributed by atoms with Crippen molar-refractivity contribution < 1.29 is 23.8 Å². The second kappa shape index (κ2) is 5.28.